The number of H-pyrrole nitrogens is 1. The second kappa shape index (κ2) is 10.7. The Hall–Kier alpha value is -3.84. The van der Waals surface area contributed by atoms with Gasteiger partial charge in [-0.2, -0.15) is 13.2 Å². The maximum Gasteiger partial charge on any atom is 0.416 e. The first-order valence-corrected chi connectivity index (χ1v) is 12.7. The highest BCUT2D eigenvalue weighted by molar-refractivity contribution is 5.96. The van der Waals surface area contributed by atoms with Crippen LogP contribution >= 0.6 is 0 Å². The summed E-state index contributed by atoms with van der Waals surface area (Å²) in [7, 11) is 0. The molecule has 2 amide bonds. The molecule has 1 saturated heterocycles. The molecule has 2 fully saturated rings. The first-order valence-electron chi connectivity index (χ1n) is 12.7. The smallest absolute Gasteiger partial charge is 0.385 e. The first-order chi connectivity index (χ1) is 18.6. The van der Waals surface area contributed by atoms with Crippen molar-refractivity contribution in [2.75, 3.05) is 19.6 Å². The first kappa shape index (κ1) is 26.8. The van der Waals surface area contributed by atoms with E-state index in [1.54, 1.807) is 0 Å². The fourth-order valence-electron chi connectivity index (χ4n) is 5.25. The number of aliphatic hydroxyl groups is 1. The molecule has 1 aromatic heterocycles. The standard InChI is InChI=1S/C26H28F3N7O3/c27-26(28,29)19-6-2-4-17(12-19)24(38)30-13-22(37)31-20-14-36(15-20)21-7-9-25(39,10-8-21)18-5-1-3-16(11-18)23-32-34-35-33-23/h1-6,11-12,20-21,39H,7-10,13-15H2,(H,30,38)(H,31,37)(H,32,33,34,35). The fraction of sp³-hybridized carbons (Fsp3) is 0.423. The van der Waals surface area contributed by atoms with Crippen LogP contribution in [-0.4, -0.2) is 74.2 Å². The summed E-state index contributed by atoms with van der Waals surface area (Å²) >= 11 is 0. The van der Waals surface area contributed by atoms with E-state index in [9.17, 15) is 27.9 Å². The Morgan fingerprint density at radius 1 is 1.10 bits per heavy atom. The lowest BCUT2D eigenvalue weighted by molar-refractivity contribution is -0.137. The van der Waals surface area contributed by atoms with Crippen LogP contribution in [0.4, 0.5) is 13.2 Å². The van der Waals surface area contributed by atoms with Gasteiger partial charge >= 0.3 is 6.18 Å². The Morgan fingerprint density at radius 3 is 2.54 bits per heavy atom. The Kier molecular flexibility index (Phi) is 7.36. The summed E-state index contributed by atoms with van der Waals surface area (Å²) in [5.41, 5.74) is -0.383. The van der Waals surface area contributed by atoms with Crippen molar-refractivity contribution >= 4 is 11.8 Å². The molecular weight excluding hydrogens is 515 g/mol. The maximum absolute atomic E-state index is 12.9. The second-order valence-electron chi connectivity index (χ2n) is 10.1. The minimum atomic E-state index is -4.55. The number of likely N-dealkylation sites (tertiary alicyclic amines) is 1. The number of nitrogens with zero attached hydrogens (tertiary/aromatic N) is 4. The molecule has 1 aliphatic heterocycles. The molecule has 4 N–H and O–H groups in total. The van der Waals surface area contributed by atoms with Crippen LogP contribution in [0.25, 0.3) is 11.4 Å². The Labute approximate surface area is 222 Å². The van der Waals surface area contributed by atoms with E-state index in [1.807, 2.05) is 24.3 Å². The van der Waals surface area contributed by atoms with Gasteiger partial charge in [0.15, 0.2) is 5.82 Å². The topological polar surface area (TPSA) is 136 Å². The number of aromatic amines is 1. The molecule has 0 radical (unpaired) electrons. The monoisotopic (exact) mass is 543 g/mol. The Bertz CT molecular complexity index is 1320. The average molecular weight is 544 g/mol. The van der Waals surface area contributed by atoms with Crippen LogP contribution in [0, 0.1) is 0 Å². The van der Waals surface area contributed by atoms with Crippen molar-refractivity contribution in [2.24, 2.45) is 0 Å². The number of carbonyl (C=O) groups excluding carboxylic acids is 2. The molecule has 5 rings (SSSR count). The molecule has 0 spiro atoms. The van der Waals surface area contributed by atoms with Gasteiger partial charge in [-0.1, -0.05) is 24.3 Å². The summed E-state index contributed by atoms with van der Waals surface area (Å²) in [4.78, 5) is 26.7. The minimum absolute atomic E-state index is 0.0732. The number of hydrogen-bond donors (Lipinski definition) is 4. The highest BCUT2D eigenvalue weighted by Gasteiger charge is 2.40. The zero-order chi connectivity index (χ0) is 27.6. The van der Waals surface area contributed by atoms with E-state index in [4.69, 9.17) is 0 Å². The molecule has 3 aromatic rings. The van der Waals surface area contributed by atoms with Gasteiger partial charge in [-0.05, 0) is 65.9 Å². The summed E-state index contributed by atoms with van der Waals surface area (Å²) in [6, 6.07) is 11.9. The van der Waals surface area contributed by atoms with Crippen molar-refractivity contribution in [2.45, 2.75) is 49.5 Å². The van der Waals surface area contributed by atoms with Crippen molar-refractivity contribution < 1.29 is 27.9 Å². The number of nitrogens with one attached hydrogen (secondary N) is 3. The highest BCUT2D eigenvalue weighted by atomic mass is 19.4. The van der Waals surface area contributed by atoms with Gasteiger partial charge in [0, 0.05) is 30.3 Å². The Balaban J connectivity index is 1.05. The van der Waals surface area contributed by atoms with Gasteiger partial charge in [0.2, 0.25) is 5.91 Å². The summed E-state index contributed by atoms with van der Waals surface area (Å²) < 4.78 is 38.6. The SMILES string of the molecule is O=C(CNC(=O)c1cccc(C(F)(F)F)c1)NC1CN(C2CCC(O)(c3cccc(-c4nnn[nH]4)c3)CC2)C1. The van der Waals surface area contributed by atoms with Gasteiger partial charge in [-0.15, -0.1) is 5.10 Å². The molecular formula is C26H28F3N7O3. The van der Waals surface area contributed by atoms with Crippen LogP contribution in [0.1, 0.15) is 47.2 Å². The second-order valence-corrected chi connectivity index (χ2v) is 10.1. The number of rotatable bonds is 7. The van der Waals surface area contributed by atoms with Crippen LogP contribution in [0.3, 0.4) is 0 Å². The number of hydrogen-bond acceptors (Lipinski definition) is 7. The van der Waals surface area contributed by atoms with E-state index in [0.717, 1.165) is 42.2 Å². The number of halogens is 3. The van der Waals surface area contributed by atoms with Gasteiger partial charge in [0.1, 0.15) is 0 Å². The fourth-order valence-corrected chi connectivity index (χ4v) is 5.25. The molecule has 10 nitrogen and oxygen atoms in total. The largest absolute Gasteiger partial charge is 0.416 e. The minimum Gasteiger partial charge on any atom is -0.385 e. The van der Waals surface area contributed by atoms with Gasteiger partial charge < -0.3 is 15.7 Å². The zero-order valence-electron chi connectivity index (χ0n) is 20.9. The lowest BCUT2D eigenvalue weighted by atomic mass is 9.76. The van der Waals surface area contributed by atoms with Gasteiger partial charge in [-0.25, -0.2) is 5.10 Å². The maximum atomic E-state index is 12.9. The van der Waals surface area contributed by atoms with E-state index < -0.39 is 29.2 Å². The van der Waals surface area contributed by atoms with Crippen molar-refractivity contribution in [1.82, 2.24) is 36.2 Å². The summed E-state index contributed by atoms with van der Waals surface area (Å²) in [6.07, 6.45) is -1.74. The van der Waals surface area contributed by atoms with E-state index in [-0.39, 0.29) is 18.2 Å². The molecule has 13 heteroatoms. The van der Waals surface area contributed by atoms with Crippen molar-refractivity contribution in [1.29, 1.82) is 0 Å². The van der Waals surface area contributed by atoms with Crippen molar-refractivity contribution in [3.8, 4) is 11.4 Å². The summed E-state index contributed by atoms with van der Waals surface area (Å²) in [5.74, 6) is -0.609. The summed E-state index contributed by atoms with van der Waals surface area (Å²) in [6.45, 7) is 0.986. The van der Waals surface area contributed by atoms with E-state index in [0.29, 0.717) is 37.8 Å². The van der Waals surface area contributed by atoms with Gasteiger partial charge in [0.05, 0.1) is 23.8 Å². The molecule has 2 aromatic carbocycles. The number of tetrazole rings is 1. The molecule has 206 valence electrons. The third-order valence-electron chi connectivity index (χ3n) is 7.45. The lowest BCUT2D eigenvalue weighted by Crippen LogP contribution is -2.63. The quantitative estimate of drug-likeness (QED) is 0.359. The molecule has 0 atom stereocenters. The number of aromatic nitrogens is 4. The van der Waals surface area contributed by atoms with Crippen LogP contribution in [0.15, 0.2) is 48.5 Å². The van der Waals surface area contributed by atoms with Crippen LogP contribution < -0.4 is 10.6 Å². The van der Waals surface area contributed by atoms with Gasteiger partial charge in [0.25, 0.3) is 5.91 Å². The number of benzene rings is 2. The number of carbonyl (C=O) groups is 2. The molecule has 0 bridgehead atoms. The predicted molar refractivity (Wildman–Crippen MR) is 133 cm³/mol. The molecule has 1 saturated carbocycles. The van der Waals surface area contributed by atoms with Crippen molar-refractivity contribution in [3.63, 3.8) is 0 Å². The normalized spacial score (nSPS) is 22.2. The van der Waals surface area contributed by atoms with E-state index in [2.05, 4.69) is 36.2 Å². The Morgan fingerprint density at radius 2 is 1.85 bits per heavy atom. The lowest BCUT2D eigenvalue weighted by Gasteiger charge is -2.48. The van der Waals surface area contributed by atoms with E-state index in [1.165, 1.54) is 6.07 Å². The van der Waals surface area contributed by atoms with E-state index >= 15 is 0 Å². The zero-order valence-corrected chi connectivity index (χ0v) is 20.9. The highest BCUT2D eigenvalue weighted by Crippen LogP contribution is 2.40. The molecule has 2 heterocycles. The molecule has 2 aliphatic rings. The summed E-state index contributed by atoms with van der Waals surface area (Å²) in [5, 5.41) is 30.4. The molecule has 39 heavy (non-hydrogen) atoms. The average Bonchev–Trinajstić information content (AvgIpc) is 3.45. The molecule has 1 aliphatic carbocycles. The third kappa shape index (κ3) is 6.09. The number of alkyl halides is 3. The van der Waals surface area contributed by atoms with Crippen LogP contribution in [-0.2, 0) is 16.6 Å². The molecule has 0 unspecified atom stereocenters. The van der Waals surface area contributed by atoms with Crippen LogP contribution in [0.5, 0.6) is 0 Å². The van der Waals surface area contributed by atoms with Crippen molar-refractivity contribution in [3.05, 3.63) is 65.2 Å². The predicted octanol–water partition coefficient (Wildman–Crippen LogP) is 2.25. The van der Waals surface area contributed by atoms with Crippen LogP contribution in [0.2, 0.25) is 0 Å². The number of amides is 2. The third-order valence-corrected chi connectivity index (χ3v) is 7.45. The van der Waals surface area contributed by atoms with Gasteiger partial charge in [-0.3, -0.25) is 14.5 Å².